The van der Waals surface area contributed by atoms with Crippen molar-refractivity contribution >= 4 is 19.1 Å². The minimum absolute atomic E-state index is 0.0664. The summed E-state index contributed by atoms with van der Waals surface area (Å²) in [5, 5.41) is 0. The number of carbonyl (C=O) groups excluding carboxylic acids is 1. The topological polar surface area (TPSA) is 69.0 Å². The van der Waals surface area contributed by atoms with Gasteiger partial charge in [0.25, 0.3) is 0 Å². The van der Waals surface area contributed by atoms with E-state index in [-0.39, 0.29) is 17.0 Å². The van der Waals surface area contributed by atoms with Crippen molar-refractivity contribution in [2.75, 3.05) is 18.1 Å². The summed E-state index contributed by atoms with van der Waals surface area (Å²) in [6.07, 6.45) is -6.68. The van der Waals surface area contributed by atoms with Crippen LogP contribution >= 0.6 is 7.60 Å². The maximum Gasteiger partial charge on any atom is 0.412 e. The smallest absolute Gasteiger partial charge is 0.412 e. The Bertz CT molecular complexity index is 1310. The van der Waals surface area contributed by atoms with E-state index in [1.54, 1.807) is 30.3 Å². The van der Waals surface area contributed by atoms with Gasteiger partial charge in [-0.15, -0.1) is 0 Å². The van der Waals surface area contributed by atoms with Gasteiger partial charge in [0.15, 0.2) is 24.8 Å². The molecular weight excluding hydrogens is 527 g/mol. The highest BCUT2D eigenvalue weighted by Crippen LogP contribution is 2.67. The average Bonchev–Trinajstić information content (AvgIpc) is 3.39. The van der Waals surface area contributed by atoms with Crippen LogP contribution in [0.4, 0.5) is 32.0 Å². The number of alkyl halides is 6. The lowest BCUT2D eigenvalue weighted by Gasteiger charge is -2.40. The summed E-state index contributed by atoms with van der Waals surface area (Å²) in [5.41, 5.74) is 1.27. The lowest BCUT2D eigenvalue weighted by Crippen LogP contribution is -2.31. The van der Waals surface area contributed by atoms with E-state index < -0.39 is 44.7 Å². The normalized spacial score (nSPS) is 16.1. The molecule has 1 unspecified atom stereocenters. The Morgan fingerprint density at radius 1 is 0.892 bits per heavy atom. The Morgan fingerprint density at radius 3 is 2.08 bits per heavy atom. The van der Waals surface area contributed by atoms with Gasteiger partial charge in [0, 0.05) is 23.5 Å². The molecule has 2 heterocycles. The van der Waals surface area contributed by atoms with Gasteiger partial charge in [-0.1, -0.05) is 42.5 Å². The minimum atomic E-state index is -5.25. The third kappa shape index (κ3) is 6.15. The second kappa shape index (κ2) is 10.2. The second-order valence-corrected chi connectivity index (χ2v) is 9.94. The summed E-state index contributed by atoms with van der Waals surface area (Å²) >= 11 is 0. The number of rotatable bonds is 8. The van der Waals surface area contributed by atoms with E-state index in [4.69, 9.17) is 4.42 Å². The molecule has 2 aromatic carbocycles. The number of ketones is 1. The van der Waals surface area contributed by atoms with E-state index in [0.717, 1.165) is 17.2 Å². The third-order valence-corrected chi connectivity index (χ3v) is 7.35. The number of hydrogen-bond acceptors (Lipinski definition) is 6. The van der Waals surface area contributed by atoms with Crippen LogP contribution in [0, 0.1) is 0 Å². The Kier molecular flexibility index (Phi) is 7.36. The van der Waals surface area contributed by atoms with Gasteiger partial charge >= 0.3 is 19.9 Å². The maximum atomic E-state index is 13.9. The molecule has 0 N–H and O–H groups in total. The van der Waals surface area contributed by atoms with Crippen molar-refractivity contribution < 1.29 is 49.2 Å². The molecule has 0 radical (unpaired) electrons. The molecule has 0 spiro atoms. The number of benzene rings is 2. The van der Waals surface area contributed by atoms with E-state index in [9.17, 15) is 35.7 Å². The van der Waals surface area contributed by atoms with Gasteiger partial charge in [-0.2, -0.15) is 26.3 Å². The zero-order valence-corrected chi connectivity index (χ0v) is 19.6. The zero-order chi connectivity index (χ0) is 26.8. The maximum absolute atomic E-state index is 13.9. The molecule has 0 bridgehead atoms. The summed E-state index contributed by atoms with van der Waals surface area (Å²) in [7, 11) is -5.25. The van der Waals surface area contributed by atoms with Crippen LogP contribution in [0.3, 0.4) is 0 Å². The Hall–Kier alpha value is -3.34. The van der Waals surface area contributed by atoms with Gasteiger partial charge in [0.2, 0.25) is 5.78 Å². The summed E-state index contributed by atoms with van der Waals surface area (Å²) in [6.45, 7) is -4.24. The molecule has 1 atom stereocenters. The summed E-state index contributed by atoms with van der Waals surface area (Å²) < 4.78 is 107. The number of hydrogen-bond donors (Lipinski definition) is 0. The largest absolute Gasteiger partial charge is 0.461 e. The molecule has 37 heavy (non-hydrogen) atoms. The highest BCUT2D eigenvalue weighted by atomic mass is 31.2. The predicted octanol–water partition coefficient (Wildman–Crippen LogP) is 7.51. The van der Waals surface area contributed by atoms with Gasteiger partial charge in [-0.25, -0.2) is 0 Å². The number of fused-ring (bicyclic) bond motifs is 3. The third-order valence-electron chi connectivity index (χ3n) is 5.24. The van der Waals surface area contributed by atoms with E-state index >= 15 is 0 Å². The zero-order valence-electron chi connectivity index (χ0n) is 18.7. The number of anilines is 1. The predicted molar refractivity (Wildman–Crippen MR) is 121 cm³/mol. The lowest BCUT2D eigenvalue weighted by molar-refractivity contribution is -0.165. The van der Waals surface area contributed by atoms with E-state index in [1.807, 2.05) is 0 Å². The summed E-state index contributed by atoms with van der Waals surface area (Å²) in [6, 6.07) is 15.3. The Morgan fingerprint density at radius 2 is 1.49 bits per heavy atom. The van der Waals surface area contributed by atoms with E-state index in [1.165, 1.54) is 36.6 Å². The van der Waals surface area contributed by atoms with E-state index in [0.29, 0.717) is 11.1 Å². The summed E-state index contributed by atoms with van der Waals surface area (Å²) in [5.74, 6) is -2.50. The molecule has 13 heteroatoms. The highest BCUT2D eigenvalue weighted by molar-refractivity contribution is 7.54. The van der Waals surface area contributed by atoms with Crippen LogP contribution in [0.25, 0.3) is 11.1 Å². The highest BCUT2D eigenvalue weighted by Gasteiger charge is 2.49. The number of nitrogens with zero attached hydrogens (tertiary/aromatic N) is 1. The lowest BCUT2D eigenvalue weighted by atomic mass is 9.93. The van der Waals surface area contributed by atoms with Crippen molar-refractivity contribution in [3.8, 4) is 11.1 Å². The van der Waals surface area contributed by atoms with Crippen LogP contribution in [0.2, 0.25) is 0 Å². The first kappa shape index (κ1) is 26.7. The number of halogens is 6. The van der Waals surface area contributed by atoms with Gasteiger partial charge in [-0.3, -0.25) is 18.4 Å². The van der Waals surface area contributed by atoms with Crippen molar-refractivity contribution in [2.24, 2.45) is 0 Å². The quantitative estimate of drug-likeness (QED) is 0.126. The first-order valence-corrected chi connectivity index (χ1v) is 12.2. The molecule has 4 rings (SSSR count). The Labute approximate surface area is 206 Å². The van der Waals surface area contributed by atoms with Gasteiger partial charge < -0.3 is 9.32 Å². The number of carbonyl (C=O) groups is 1. The molecular formula is C24H18F6NO5P. The number of allylic oxidation sites excluding steroid dienone is 1. The number of furan rings is 1. The molecule has 1 aliphatic rings. The van der Waals surface area contributed by atoms with Crippen LogP contribution in [0.5, 0.6) is 0 Å². The fraction of sp³-hybridized carbons (Fsp3) is 0.208. The van der Waals surface area contributed by atoms with Crippen LogP contribution in [-0.2, 0) is 13.6 Å². The average molecular weight is 545 g/mol. The first-order chi connectivity index (χ1) is 17.4. The van der Waals surface area contributed by atoms with Crippen LogP contribution in [0.1, 0.15) is 21.9 Å². The number of para-hydroxylation sites is 1. The Balaban J connectivity index is 1.87. The molecule has 6 nitrogen and oxygen atoms in total. The van der Waals surface area contributed by atoms with Crippen LogP contribution in [-0.4, -0.2) is 31.3 Å². The summed E-state index contributed by atoms with van der Waals surface area (Å²) in [4.78, 5) is 13.7. The molecule has 0 fully saturated rings. The standard InChI is InChI=1S/C24H18F6NO5P/c25-23(26,27)14-35-37(33,36-15-24(28,29)30)22-18-8-2-1-6-16(18)17-7-3-4-9-19(17)31(22)12-11-20(32)21-10-5-13-34-21/h1-13,22H,14-15H2/b12-11+. The monoisotopic (exact) mass is 545 g/mol. The van der Waals surface area contributed by atoms with Crippen molar-refractivity contribution in [2.45, 2.75) is 18.1 Å². The van der Waals surface area contributed by atoms with Crippen molar-refractivity contribution in [3.05, 3.63) is 90.5 Å². The molecule has 196 valence electrons. The fourth-order valence-corrected chi connectivity index (χ4v) is 5.90. The molecule has 0 saturated carbocycles. The fourth-order valence-electron chi connectivity index (χ4n) is 3.81. The van der Waals surface area contributed by atoms with Crippen LogP contribution in [0.15, 0.2) is 83.6 Å². The molecule has 0 amide bonds. The molecule has 1 aliphatic heterocycles. The first-order valence-electron chi connectivity index (χ1n) is 10.6. The molecule has 1 aromatic heterocycles. The van der Waals surface area contributed by atoms with Crippen molar-refractivity contribution in [1.29, 1.82) is 0 Å². The van der Waals surface area contributed by atoms with Gasteiger partial charge in [0.05, 0.1) is 6.26 Å². The van der Waals surface area contributed by atoms with Crippen molar-refractivity contribution in [1.82, 2.24) is 0 Å². The minimum Gasteiger partial charge on any atom is -0.461 e. The molecule has 0 saturated heterocycles. The van der Waals surface area contributed by atoms with Crippen molar-refractivity contribution in [3.63, 3.8) is 0 Å². The molecule has 3 aromatic rings. The van der Waals surface area contributed by atoms with E-state index in [2.05, 4.69) is 9.05 Å². The SMILES string of the molecule is O=C(/C=C/N1c2ccccc2-c2ccccc2C1P(=O)(OCC(F)(F)F)OCC(F)(F)F)c1ccco1. The van der Waals surface area contributed by atoms with Gasteiger partial charge in [-0.05, 0) is 29.3 Å². The second-order valence-electron chi connectivity index (χ2n) is 7.86. The molecule has 0 aliphatic carbocycles. The van der Waals surface area contributed by atoms with Crippen LogP contribution < -0.4 is 4.90 Å². The van der Waals surface area contributed by atoms with Gasteiger partial charge in [0.1, 0.15) is 0 Å².